The van der Waals surface area contributed by atoms with Crippen molar-refractivity contribution in [3.05, 3.63) is 123 Å². The van der Waals surface area contributed by atoms with Crippen LogP contribution < -0.4 is 9.93 Å². The number of rotatable bonds is 9. The van der Waals surface area contributed by atoms with E-state index in [2.05, 4.69) is 0 Å². The Morgan fingerprint density at radius 3 is 2.28 bits per heavy atom. The van der Waals surface area contributed by atoms with Crippen molar-refractivity contribution in [2.75, 3.05) is 10.8 Å². The molecule has 0 amide bonds. The number of Topliss-reactive ketones (excluding diaryl/α,β-unsaturated/α-hetero) is 1. The van der Waals surface area contributed by atoms with Gasteiger partial charge in [0, 0.05) is 25.3 Å². The van der Waals surface area contributed by atoms with Crippen LogP contribution in [0.1, 0.15) is 77.3 Å². The van der Waals surface area contributed by atoms with Crippen LogP contribution in [-0.4, -0.2) is 25.9 Å². The van der Waals surface area contributed by atoms with Crippen molar-refractivity contribution in [2.24, 2.45) is 5.92 Å². The molecule has 222 valence electrons. The molecular formula is C35H35NO6S. The molecule has 1 saturated carbocycles. The van der Waals surface area contributed by atoms with Crippen molar-refractivity contribution in [1.29, 1.82) is 0 Å². The SMILES string of the molecule is O=C1CCCCCc2oc(=O)c(C(c3cccc(N(CCc4ccccc4)S(=O)(=O)c4ccccc4)c3)C3CC3)c(O)c21. The highest BCUT2D eigenvalue weighted by Crippen LogP contribution is 2.49. The number of benzene rings is 3. The minimum absolute atomic E-state index is 0.0641. The van der Waals surface area contributed by atoms with Crippen LogP contribution in [0.2, 0.25) is 0 Å². The molecule has 1 N–H and O–H groups in total. The van der Waals surface area contributed by atoms with Crippen molar-refractivity contribution >= 4 is 21.5 Å². The smallest absolute Gasteiger partial charge is 0.343 e. The summed E-state index contributed by atoms with van der Waals surface area (Å²) in [7, 11) is -3.92. The molecule has 7 nitrogen and oxygen atoms in total. The molecular weight excluding hydrogens is 562 g/mol. The van der Waals surface area contributed by atoms with Crippen LogP contribution in [0, 0.1) is 5.92 Å². The van der Waals surface area contributed by atoms with Gasteiger partial charge in [-0.1, -0.05) is 67.1 Å². The van der Waals surface area contributed by atoms with Gasteiger partial charge in [-0.3, -0.25) is 9.10 Å². The number of fused-ring (bicyclic) bond motifs is 1. The molecule has 2 aliphatic carbocycles. The molecule has 1 fully saturated rings. The summed E-state index contributed by atoms with van der Waals surface area (Å²) in [6.07, 6.45) is 5.30. The highest BCUT2D eigenvalue weighted by atomic mass is 32.2. The third-order valence-electron chi connectivity index (χ3n) is 8.49. The molecule has 0 radical (unpaired) electrons. The summed E-state index contributed by atoms with van der Waals surface area (Å²) < 4.78 is 35.1. The molecule has 6 rings (SSSR count). The van der Waals surface area contributed by atoms with E-state index in [-0.39, 0.29) is 45.8 Å². The van der Waals surface area contributed by atoms with E-state index < -0.39 is 21.6 Å². The molecule has 1 atom stereocenters. The normalized spacial score (nSPS) is 16.1. The van der Waals surface area contributed by atoms with Crippen LogP contribution in [0.4, 0.5) is 5.69 Å². The maximum Gasteiger partial charge on any atom is 0.343 e. The summed E-state index contributed by atoms with van der Waals surface area (Å²) in [6.45, 7) is 0.208. The van der Waals surface area contributed by atoms with Crippen molar-refractivity contribution < 1.29 is 22.7 Å². The average Bonchev–Trinajstić information content (AvgIpc) is 3.84. The number of sulfonamides is 1. The van der Waals surface area contributed by atoms with Crippen LogP contribution in [-0.2, 0) is 22.9 Å². The first-order chi connectivity index (χ1) is 20.8. The Kier molecular flexibility index (Phi) is 8.21. The van der Waals surface area contributed by atoms with E-state index in [4.69, 9.17) is 4.42 Å². The van der Waals surface area contributed by atoms with E-state index in [0.717, 1.165) is 37.7 Å². The Labute approximate surface area is 251 Å². The summed E-state index contributed by atoms with van der Waals surface area (Å²) in [5.41, 5.74) is 1.77. The zero-order valence-corrected chi connectivity index (χ0v) is 24.8. The van der Waals surface area contributed by atoms with Crippen LogP contribution in [0.15, 0.2) is 99.0 Å². The summed E-state index contributed by atoms with van der Waals surface area (Å²) in [5.74, 6) is -0.690. The van der Waals surface area contributed by atoms with Gasteiger partial charge in [0.15, 0.2) is 5.78 Å². The van der Waals surface area contributed by atoms with Gasteiger partial charge >= 0.3 is 5.63 Å². The van der Waals surface area contributed by atoms with Gasteiger partial charge in [-0.15, -0.1) is 0 Å². The van der Waals surface area contributed by atoms with Gasteiger partial charge < -0.3 is 9.52 Å². The standard InChI is InChI=1S/C35H35NO6S/c37-29-17-8-3-9-18-30-32(29)34(38)33(35(39)42-30)31(25-19-20-25)26-13-10-14-27(23-26)36(22-21-24-11-4-1-5-12-24)43(40,41)28-15-6-2-7-16-28/h1-2,4-7,10-16,23,25,31,38H,3,8-9,17-22H2. The molecule has 3 aromatic carbocycles. The second kappa shape index (κ2) is 12.2. The Hall–Kier alpha value is -4.17. The molecule has 43 heavy (non-hydrogen) atoms. The number of carbonyl (C=O) groups is 1. The minimum Gasteiger partial charge on any atom is -0.506 e. The van der Waals surface area contributed by atoms with Gasteiger partial charge in [0.05, 0.1) is 21.7 Å². The minimum atomic E-state index is -3.92. The third-order valence-corrected chi connectivity index (χ3v) is 10.3. The Bertz CT molecular complexity index is 1780. The maximum atomic E-state index is 14.0. The summed E-state index contributed by atoms with van der Waals surface area (Å²) >= 11 is 0. The summed E-state index contributed by atoms with van der Waals surface area (Å²) in [5, 5.41) is 11.5. The lowest BCUT2D eigenvalue weighted by Gasteiger charge is -2.27. The van der Waals surface area contributed by atoms with Gasteiger partial charge in [-0.05, 0) is 73.4 Å². The number of aromatic hydroxyl groups is 1. The molecule has 0 spiro atoms. The number of ketones is 1. The maximum absolute atomic E-state index is 14.0. The van der Waals surface area contributed by atoms with E-state index in [0.29, 0.717) is 30.5 Å². The zero-order chi connectivity index (χ0) is 30.0. The van der Waals surface area contributed by atoms with Gasteiger partial charge in [0.2, 0.25) is 0 Å². The van der Waals surface area contributed by atoms with E-state index in [1.54, 1.807) is 48.5 Å². The lowest BCUT2D eigenvalue weighted by Crippen LogP contribution is -2.33. The second-order valence-electron chi connectivity index (χ2n) is 11.5. The highest BCUT2D eigenvalue weighted by molar-refractivity contribution is 7.92. The number of anilines is 1. The van der Waals surface area contributed by atoms with E-state index in [9.17, 15) is 23.1 Å². The molecule has 0 saturated heterocycles. The van der Waals surface area contributed by atoms with E-state index in [1.807, 2.05) is 36.4 Å². The Balaban J connectivity index is 1.44. The van der Waals surface area contributed by atoms with Crippen LogP contribution >= 0.6 is 0 Å². The fraction of sp³-hybridized carbons (Fsp3) is 0.314. The van der Waals surface area contributed by atoms with Gasteiger partial charge in [-0.2, -0.15) is 0 Å². The monoisotopic (exact) mass is 597 g/mol. The van der Waals surface area contributed by atoms with Crippen molar-refractivity contribution in [2.45, 2.75) is 62.2 Å². The van der Waals surface area contributed by atoms with E-state index >= 15 is 0 Å². The molecule has 1 heterocycles. The second-order valence-corrected chi connectivity index (χ2v) is 13.3. The predicted octanol–water partition coefficient (Wildman–Crippen LogP) is 6.62. The highest BCUT2D eigenvalue weighted by Gasteiger charge is 2.40. The molecule has 0 bridgehead atoms. The third kappa shape index (κ3) is 6.02. The molecule has 2 aliphatic rings. The lowest BCUT2D eigenvalue weighted by molar-refractivity contribution is 0.0968. The average molecular weight is 598 g/mol. The first-order valence-corrected chi connectivity index (χ1v) is 16.4. The van der Waals surface area contributed by atoms with Crippen LogP contribution in [0.5, 0.6) is 5.75 Å². The topological polar surface area (TPSA) is 105 Å². The van der Waals surface area contributed by atoms with Crippen LogP contribution in [0.25, 0.3) is 0 Å². The summed E-state index contributed by atoms with van der Waals surface area (Å²) in [4.78, 5) is 26.7. The van der Waals surface area contributed by atoms with Crippen LogP contribution in [0.3, 0.4) is 0 Å². The van der Waals surface area contributed by atoms with E-state index in [1.165, 1.54) is 4.31 Å². The van der Waals surface area contributed by atoms with Crippen molar-refractivity contribution in [3.8, 4) is 5.75 Å². The molecule has 1 unspecified atom stereocenters. The quantitative estimate of drug-likeness (QED) is 0.232. The number of carbonyl (C=O) groups excluding carboxylic acids is 1. The molecule has 4 aromatic rings. The fourth-order valence-corrected chi connectivity index (χ4v) is 7.63. The number of hydrogen-bond acceptors (Lipinski definition) is 6. The number of aryl methyl sites for hydroxylation is 1. The van der Waals surface area contributed by atoms with Gasteiger partial charge in [-0.25, -0.2) is 13.2 Å². The summed E-state index contributed by atoms with van der Waals surface area (Å²) in [6, 6.07) is 25.3. The molecule has 0 aliphatic heterocycles. The largest absolute Gasteiger partial charge is 0.506 e. The lowest BCUT2D eigenvalue weighted by atomic mass is 9.85. The van der Waals surface area contributed by atoms with Gasteiger partial charge in [0.1, 0.15) is 11.5 Å². The fourth-order valence-electron chi connectivity index (χ4n) is 6.15. The molecule has 1 aromatic heterocycles. The molecule has 8 heteroatoms. The van der Waals surface area contributed by atoms with Crippen molar-refractivity contribution in [3.63, 3.8) is 0 Å². The number of hydrogen-bond donors (Lipinski definition) is 1. The number of nitrogens with zero attached hydrogens (tertiary/aromatic N) is 1. The van der Waals surface area contributed by atoms with Gasteiger partial charge in [0.25, 0.3) is 10.0 Å². The Morgan fingerprint density at radius 2 is 1.56 bits per heavy atom. The predicted molar refractivity (Wildman–Crippen MR) is 165 cm³/mol. The first kappa shape index (κ1) is 28.9. The first-order valence-electron chi connectivity index (χ1n) is 15.0. The Morgan fingerprint density at radius 1 is 0.860 bits per heavy atom. The zero-order valence-electron chi connectivity index (χ0n) is 23.9. The van der Waals surface area contributed by atoms with Crippen molar-refractivity contribution in [1.82, 2.24) is 0 Å².